The summed E-state index contributed by atoms with van der Waals surface area (Å²) in [5, 5.41) is 0. The molecule has 2 fully saturated rings. The van der Waals surface area contributed by atoms with Gasteiger partial charge in [-0.05, 0) is 137 Å². The lowest BCUT2D eigenvalue weighted by Gasteiger charge is -2.28. The Morgan fingerprint density at radius 1 is 0.458 bits per heavy atom. The van der Waals surface area contributed by atoms with E-state index in [0.717, 1.165) is 116 Å². The van der Waals surface area contributed by atoms with Crippen molar-refractivity contribution in [1.29, 1.82) is 0 Å². The van der Waals surface area contributed by atoms with E-state index in [1.807, 2.05) is 0 Å². The van der Waals surface area contributed by atoms with Gasteiger partial charge in [0.1, 0.15) is 17.3 Å². The first kappa shape index (κ1) is 38.3. The molecule has 2 aromatic rings. The fraction of sp³-hybridized carbons (Fsp3) is 0.667. The Morgan fingerprint density at radius 3 is 1.17 bits per heavy atom. The zero-order valence-corrected chi connectivity index (χ0v) is 30.6. The minimum atomic E-state index is 0.304. The lowest BCUT2D eigenvalue weighted by Crippen LogP contribution is -2.21. The predicted octanol–water partition coefficient (Wildman–Crippen LogP) is 12.2. The molecule has 3 nitrogen and oxygen atoms in total. The highest BCUT2D eigenvalue weighted by Crippen LogP contribution is 2.38. The molecule has 48 heavy (non-hydrogen) atoms. The van der Waals surface area contributed by atoms with Gasteiger partial charge in [-0.15, -0.1) is 0 Å². The number of rotatable bonds is 22. The number of benzene rings is 2. The van der Waals surface area contributed by atoms with Gasteiger partial charge in [0.05, 0.1) is 0 Å². The van der Waals surface area contributed by atoms with Crippen LogP contribution in [0.2, 0.25) is 0 Å². The molecule has 0 saturated heterocycles. The first-order valence-corrected chi connectivity index (χ1v) is 20.2. The van der Waals surface area contributed by atoms with Gasteiger partial charge in [-0.3, -0.25) is 14.4 Å². The van der Waals surface area contributed by atoms with Crippen LogP contribution >= 0.6 is 0 Å². The third-order valence-electron chi connectivity index (χ3n) is 11.7. The molecular weight excluding hydrogens is 588 g/mol. The maximum Gasteiger partial charge on any atom is 0.135 e. The number of unbranched alkanes of at least 4 members (excludes halogenated alkanes) is 6. The molecule has 0 aromatic heterocycles. The van der Waals surface area contributed by atoms with E-state index in [4.69, 9.17) is 0 Å². The minimum absolute atomic E-state index is 0.304. The molecule has 2 aromatic carbocycles. The highest BCUT2D eigenvalue weighted by molar-refractivity contribution is 5.81. The summed E-state index contributed by atoms with van der Waals surface area (Å²) in [5.41, 5.74) is 5.62. The van der Waals surface area contributed by atoms with Crippen molar-refractivity contribution in [3.8, 4) is 0 Å². The Kier molecular flexibility index (Phi) is 17.1. The van der Waals surface area contributed by atoms with Gasteiger partial charge in [-0.1, -0.05) is 88.1 Å². The van der Waals surface area contributed by atoms with Crippen molar-refractivity contribution >= 4 is 17.3 Å². The molecule has 2 aliphatic rings. The summed E-state index contributed by atoms with van der Waals surface area (Å²) < 4.78 is 0. The van der Waals surface area contributed by atoms with E-state index < -0.39 is 0 Å². The van der Waals surface area contributed by atoms with E-state index >= 15 is 0 Å². The zero-order valence-electron chi connectivity index (χ0n) is 30.6. The number of Topliss-reactive ketones (excluding diaryl/α,β-unsaturated/α-hetero) is 3. The van der Waals surface area contributed by atoms with Gasteiger partial charge in [-0.25, -0.2) is 0 Å². The van der Waals surface area contributed by atoms with E-state index in [2.05, 4.69) is 62.4 Å². The number of carbonyl (C=O) groups excluding carboxylic acids is 3. The molecule has 0 spiro atoms. The second-order valence-electron chi connectivity index (χ2n) is 15.4. The summed E-state index contributed by atoms with van der Waals surface area (Å²) in [4.78, 5) is 37.6. The number of carbonyl (C=O) groups is 3. The maximum absolute atomic E-state index is 12.5. The molecule has 3 heteroatoms. The molecule has 0 unspecified atom stereocenters. The van der Waals surface area contributed by atoms with Gasteiger partial charge < -0.3 is 0 Å². The lowest BCUT2D eigenvalue weighted by molar-refractivity contribution is -0.124. The first-order valence-electron chi connectivity index (χ1n) is 20.2. The van der Waals surface area contributed by atoms with Crippen LogP contribution in [0.3, 0.4) is 0 Å². The van der Waals surface area contributed by atoms with Crippen LogP contribution in [0.5, 0.6) is 0 Å². The van der Waals surface area contributed by atoms with Crippen LogP contribution in [-0.2, 0) is 27.2 Å². The molecule has 4 rings (SSSR count). The number of ketones is 3. The summed E-state index contributed by atoms with van der Waals surface area (Å²) in [6.45, 7) is 4.39. The van der Waals surface area contributed by atoms with Crippen LogP contribution < -0.4 is 0 Å². The van der Waals surface area contributed by atoms with Crippen molar-refractivity contribution in [2.75, 3.05) is 0 Å². The van der Waals surface area contributed by atoms with Crippen LogP contribution in [-0.4, -0.2) is 17.3 Å². The number of aryl methyl sites for hydroxylation is 2. The standard InChI is InChI=1S/C45H66O3/c1-3-5-7-17-44(47)41-31-27-39(28-32-41)37-23-19-35(20-24-37)13-9-11-15-43(46)16-12-10-14-36-21-25-38(26-22-36)40-29-33-42(34-30-40)45(48)18-8-6-4-2/h19-26,39-42H,3-18,27-34H2,1-2H3. The monoisotopic (exact) mass is 655 g/mol. The largest absolute Gasteiger partial charge is 0.300 e. The average Bonchev–Trinajstić information content (AvgIpc) is 3.13. The van der Waals surface area contributed by atoms with Gasteiger partial charge in [0.2, 0.25) is 0 Å². The van der Waals surface area contributed by atoms with Crippen LogP contribution in [0.15, 0.2) is 48.5 Å². The Hall–Kier alpha value is -2.55. The van der Waals surface area contributed by atoms with E-state index in [1.54, 1.807) is 0 Å². The van der Waals surface area contributed by atoms with Gasteiger partial charge in [-0.2, -0.15) is 0 Å². The lowest BCUT2D eigenvalue weighted by atomic mass is 9.76. The quantitative estimate of drug-likeness (QED) is 0.119. The average molecular weight is 655 g/mol. The van der Waals surface area contributed by atoms with Crippen molar-refractivity contribution in [1.82, 2.24) is 0 Å². The van der Waals surface area contributed by atoms with Crippen LogP contribution in [0.25, 0.3) is 0 Å². The topological polar surface area (TPSA) is 51.2 Å². The molecular formula is C45H66O3. The number of hydrogen-bond acceptors (Lipinski definition) is 3. The van der Waals surface area contributed by atoms with Crippen LogP contribution in [0.1, 0.15) is 189 Å². The van der Waals surface area contributed by atoms with E-state index in [1.165, 1.54) is 47.9 Å². The molecule has 0 amide bonds. The molecule has 0 bridgehead atoms. The summed E-state index contributed by atoms with van der Waals surface area (Å²) in [7, 11) is 0. The fourth-order valence-corrected chi connectivity index (χ4v) is 8.34. The summed E-state index contributed by atoms with van der Waals surface area (Å²) in [6.07, 6.45) is 24.8. The van der Waals surface area contributed by atoms with Gasteiger partial charge in [0.15, 0.2) is 0 Å². The maximum atomic E-state index is 12.5. The third kappa shape index (κ3) is 13.1. The Bertz CT molecular complexity index is 1110. The molecule has 0 atom stereocenters. The predicted molar refractivity (Wildman–Crippen MR) is 201 cm³/mol. The van der Waals surface area contributed by atoms with Crippen molar-refractivity contribution in [2.24, 2.45) is 11.8 Å². The molecule has 0 heterocycles. The van der Waals surface area contributed by atoms with Crippen molar-refractivity contribution in [2.45, 2.75) is 180 Å². The van der Waals surface area contributed by atoms with Crippen LogP contribution in [0, 0.1) is 11.8 Å². The highest BCUT2D eigenvalue weighted by Gasteiger charge is 2.27. The zero-order chi connectivity index (χ0) is 34.0. The fourth-order valence-electron chi connectivity index (χ4n) is 8.34. The Morgan fingerprint density at radius 2 is 0.812 bits per heavy atom. The van der Waals surface area contributed by atoms with Gasteiger partial charge >= 0.3 is 0 Å². The Balaban J connectivity index is 1.03. The summed E-state index contributed by atoms with van der Waals surface area (Å²) in [6, 6.07) is 18.4. The second-order valence-corrected chi connectivity index (χ2v) is 15.4. The minimum Gasteiger partial charge on any atom is -0.300 e. The Labute approximate surface area is 293 Å². The SMILES string of the molecule is CCCCCC(=O)C1CCC(c2ccc(CCCCC(=O)CCCCc3ccc(C4CCC(C(=O)CCCCC)CC4)cc3)cc2)CC1. The molecule has 2 saturated carbocycles. The van der Waals surface area contributed by atoms with Crippen LogP contribution in [0.4, 0.5) is 0 Å². The van der Waals surface area contributed by atoms with Gasteiger partial charge in [0.25, 0.3) is 0 Å². The normalized spacial score (nSPS) is 21.2. The molecule has 2 aliphatic carbocycles. The van der Waals surface area contributed by atoms with Gasteiger partial charge in [0, 0.05) is 37.5 Å². The van der Waals surface area contributed by atoms with E-state index in [-0.39, 0.29) is 0 Å². The molecule has 0 aliphatic heterocycles. The third-order valence-corrected chi connectivity index (χ3v) is 11.7. The second kappa shape index (κ2) is 21.5. The van der Waals surface area contributed by atoms with Crippen molar-refractivity contribution in [3.63, 3.8) is 0 Å². The van der Waals surface area contributed by atoms with Crippen molar-refractivity contribution < 1.29 is 14.4 Å². The number of hydrogen-bond donors (Lipinski definition) is 0. The van der Waals surface area contributed by atoms with Crippen molar-refractivity contribution in [3.05, 3.63) is 70.8 Å². The summed E-state index contributed by atoms with van der Waals surface area (Å²) >= 11 is 0. The molecule has 0 radical (unpaired) electrons. The molecule has 264 valence electrons. The van der Waals surface area contributed by atoms with E-state index in [0.29, 0.717) is 53.9 Å². The molecule has 0 N–H and O–H groups in total. The summed E-state index contributed by atoms with van der Waals surface area (Å²) in [5.74, 6) is 3.24. The highest BCUT2D eigenvalue weighted by atomic mass is 16.1. The smallest absolute Gasteiger partial charge is 0.135 e. The first-order chi connectivity index (χ1) is 23.5. The van der Waals surface area contributed by atoms with E-state index in [9.17, 15) is 14.4 Å².